The van der Waals surface area contributed by atoms with Crippen LogP contribution in [0.2, 0.25) is 0 Å². The zero-order valence-electron chi connectivity index (χ0n) is 10.3. The molecular formula is C13H17BrClN3. The predicted molar refractivity (Wildman–Crippen MR) is 78.3 cm³/mol. The molecule has 1 saturated heterocycles. The van der Waals surface area contributed by atoms with Crippen molar-refractivity contribution in [2.24, 2.45) is 0 Å². The Morgan fingerprint density at radius 3 is 2.61 bits per heavy atom. The first-order valence-electron chi connectivity index (χ1n) is 6.47. The van der Waals surface area contributed by atoms with Crippen molar-refractivity contribution in [1.29, 1.82) is 0 Å². The van der Waals surface area contributed by atoms with Gasteiger partial charge in [-0.1, -0.05) is 0 Å². The summed E-state index contributed by atoms with van der Waals surface area (Å²) in [5.41, 5.74) is 1.12. The first-order valence-corrected chi connectivity index (χ1v) is 7.80. The number of pyridine rings is 1. The molecule has 3 rings (SSSR count). The molecule has 98 valence electrons. The van der Waals surface area contributed by atoms with E-state index in [1.54, 1.807) is 0 Å². The van der Waals surface area contributed by atoms with Crippen molar-refractivity contribution < 1.29 is 0 Å². The van der Waals surface area contributed by atoms with Crippen molar-refractivity contribution in [2.45, 2.75) is 24.8 Å². The number of hydrogen-bond donors (Lipinski definition) is 0. The first kappa shape index (κ1) is 12.7. The summed E-state index contributed by atoms with van der Waals surface area (Å²) in [5, 5.41) is 0. The Labute approximate surface area is 121 Å². The number of piperazine rings is 1. The van der Waals surface area contributed by atoms with Crippen molar-refractivity contribution in [3.8, 4) is 0 Å². The highest BCUT2D eigenvalue weighted by molar-refractivity contribution is 9.10. The van der Waals surface area contributed by atoms with Crippen LogP contribution in [0.5, 0.6) is 0 Å². The average Bonchev–Trinajstić information content (AvgIpc) is 3.23. The molecule has 0 atom stereocenters. The predicted octanol–water partition coefficient (Wildman–Crippen LogP) is 2.87. The summed E-state index contributed by atoms with van der Waals surface area (Å²) in [4.78, 5) is 9.51. The van der Waals surface area contributed by atoms with Gasteiger partial charge in [0.15, 0.2) is 0 Å². The number of hydrogen-bond acceptors (Lipinski definition) is 3. The minimum atomic E-state index is 0.518. The maximum absolute atomic E-state index is 6.01. The Hall–Kier alpha value is -0.320. The Morgan fingerprint density at radius 2 is 2.00 bits per heavy atom. The number of aromatic nitrogens is 1. The average molecular weight is 331 g/mol. The van der Waals surface area contributed by atoms with Crippen molar-refractivity contribution in [3.05, 3.63) is 22.3 Å². The zero-order chi connectivity index (χ0) is 12.5. The molecule has 0 amide bonds. The highest BCUT2D eigenvalue weighted by atomic mass is 79.9. The Morgan fingerprint density at radius 1 is 1.28 bits per heavy atom. The summed E-state index contributed by atoms with van der Waals surface area (Å²) >= 11 is 9.46. The second-order valence-corrected chi connectivity index (χ2v) is 6.21. The van der Waals surface area contributed by atoms with Crippen LogP contribution in [0, 0.1) is 0 Å². The molecule has 1 aliphatic heterocycles. The Balaban J connectivity index is 1.71. The van der Waals surface area contributed by atoms with Gasteiger partial charge >= 0.3 is 0 Å². The van der Waals surface area contributed by atoms with Crippen molar-refractivity contribution in [3.63, 3.8) is 0 Å². The van der Waals surface area contributed by atoms with E-state index in [1.165, 1.54) is 12.8 Å². The van der Waals surface area contributed by atoms with Crippen LogP contribution in [-0.2, 0) is 5.88 Å². The van der Waals surface area contributed by atoms with Gasteiger partial charge in [-0.05, 0) is 34.8 Å². The lowest BCUT2D eigenvalue weighted by Gasteiger charge is -2.36. The van der Waals surface area contributed by atoms with Crippen LogP contribution in [0.15, 0.2) is 16.7 Å². The van der Waals surface area contributed by atoms with E-state index in [-0.39, 0.29) is 0 Å². The van der Waals surface area contributed by atoms with Gasteiger partial charge in [0, 0.05) is 48.5 Å². The van der Waals surface area contributed by atoms with Crippen LogP contribution in [0.3, 0.4) is 0 Å². The van der Waals surface area contributed by atoms with Crippen LogP contribution in [-0.4, -0.2) is 42.1 Å². The maximum Gasteiger partial charge on any atom is 0.133 e. The SMILES string of the molecule is ClCc1cc(Br)cnc1N1CCN(C2CC2)CC1. The van der Waals surface area contributed by atoms with Gasteiger partial charge in [-0.15, -0.1) is 11.6 Å². The van der Waals surface area contributed by atoms with Crippen LogP contribution in [0.25, 0.3) is 0 Å². The summed E-state index contributed by atoms with van der Waals surface area (Å²) < 4.78 is 0.999. The number of alkyl halides is 1. The highest BCUT2D eigenvalue weighted by Crippen LogP contribution is 2.29. The van der Waals surface area contributed by atoms with Gasteiger partial charge in [-0.3, -0.25) is 4.90 Å². The molecule has 2 heterocycles. The normalized spacial score (nSPS) is 21.3. The van der Waals surface area contributed by atoms with Gasteiger partial charge in [-0.2, -0.15) is 0 Å². The zero-order valence-corrected chi connectivity index (χ0v) is 12.6. The van der Waals surface area contributed by atoms with E-state index >= 15 is 0 Å². The topological polar surface area (TPSA) is 19.4 Å². The molecule has 5 heteroatoms. The molecule has 1 aliphatic carbocycles. The smallest absolute Gasteiger partial charge is 0.133 e. The molecular weight excluding hydrogens is 314 g/mol. The number of halogens is 2. The molecule has 0 spiro atoms. The Bertz CT molecular complexity index is 428. The van der Waals surface area contributed by atoms with Crippen LogP contribution in [0.1, 0.15) is 18.4 Å². The fourth-order valence-electron chi connectivity index (χ4n) is 2.60. The van der Waals surface area contributed by atoms with E-state index in [0.29, 0.717) is 5.88 Å². The number of anilines is 1. The molecule has 0 aromatic carbocycles. The molecule has 0 radical (unpaired) electrons. The van der Waals surface area contributed by atoms with Crippen LogP contribution < -0.4 is 4.90 Å². The molecule has 0 bridgehead atoms. The highest BCUT2D eigenvalue weighted by Gasteiger charge is 2.31. The molecule has 0 unspecified atom stereocenters. The van der Waals surface area contributed by atoms with E-state index in [1.807, 2.05) is 6.20 Å². The lowest BCUT2D eigenvalue weighted by atomic mass is 10.2. The minimum absolute atomic E-state index is 0.518. The summed E-state index contributed by atoms with van der Waals surface area (Å²) in [6.45, 7) is 4.44. The maximum atomic E-state index is 6.01. The quantitative estimate of drug-likeness (QED) is 0.795. The third-order valence-electron chi connectivity index (χ3n) is 3.73. The molecule has 2 aliphatic rings. The summed E-state index contributed by atoms with van der Waals surface area (Å²) in [7, 11) is 0. The number of nitrogens with zero attached hydrogens (tertiary/aromatic N) is 3. The van der Waals surface area contributed by atoms with Crippen LogP contribution in [0.4, 0.5) is 5.82 Å². The van der Waals surface area contributed by atoms with Gasteiger partial charge < -0.3 is 4.90 Å². The van der Waals surface area contributed by atoms with Crippen molar-refractivity contribution in [1.82, 2.24) is 9.88 Å². The largest absolute Gasteiger partial charge is 0.354 e. The second-order valence-electron chi connectivity index (χ2n) is 5.02. The van der Waals surface area contributed by atoms with Gasteiger partial charge in [0.05, 0.1) is 5.88 Å². The second kappa shape index (κ2) is 5.35. The lowest BCUT2D eigenvalue weighted by molar-refractivity contribution is 0.247. The van der Waals surface area contributed by atoms with Gasteiger partial charge in [0.1, 0.15) is 5.82 Å². The molecule has 2 fully saturated rings. The van der Waals surface area contributed by atoms with Crippen molar-refractivity contribution in [2.75, 3.05) is 31.1 Å². The summed E-state index contributed by atoms with van der Waals surface area (Å²) in [5.74, 6) is 1.58. The van der Waals surface area contributed by atoms with Gasteiger partial charge in [0.2, 0.25) is 0 Å². The van der Waals surface area contributed by atoms with E-state index in [4.69, 9.17) is 11.6 Å². The van der Waals surface area contributed by atoms with Gasteiger partial charge in [0.25, 0.3) is 0 Å². The molecule has 3 nitrogen and oxygen atoms in total. The van der Waals surface area contributed by atoms with E-state index in [2.05, 4.69) is 36.8 Å². The molecule has 1 saturated carbocycles. The monoisotopic (exact) mass is 329 g/mol. The Kier molecular flexibility index (Phi) is 3.78. The minimum Gasteiger partial charge on any atom is -0.354 e. The fourth-order valence-corrected chi connectivity index (χ4v) is 3.17. The van der Waals surface area contributed by atoms with E-state index in [0.717, 1.165) is 48.1 Å². The molecule has 18 heavy (non-hydrogen) atoms. The third kappa shape index (κ3) is 2.65. The summed E-state index contributed by atoms with van der Waals surface area (Å²) in [6, 6.07) is 2.94. The number of rotatable bonds is 3. The lowest BCUT2D eigenvalue weighted by Crippen LogP contribution is -2.47. The molecule has 0 N–H and O–H groups in total. The van der Waals surface area contributed by atoms with E-state index < -0.39 is 0 Å². The van der Waals surface area contributed by atoms with Crippen LogP contribution >= 0.6 is 27.5 Å². The van der Waals surface area contributed by atoms with E-state index in [9.17, 15) is 0 Å². The third-order valence-corrected chi connectivity index (χ3v) is 4.45. The summed E-state index contributed by atoms with van der Waals surface area (Å²) in [6.07, 6.45) is 4.64. The first-order chi connectivity index (χ1) is 8.78. The van der Waals surface area contributed by atoms with Gasteiger partial charge in [-0.25, -0.2) is 4.98 Å². The standard InChI is InChI=1S/C13H17BrClN3/c14-11-7-10(8-15)13(16-9-11)18-5-3-17(4-6-18)12-1-2-12/h7,9,12H,1-6,8H2. The molecule has 1 aromatic rings. The van der Waals surface area contributed by atoms with Crippen molar-refractivity contribution >= 4 is 33.3 Å². The fraction of sp³-hybridized carbons (Fsp3) is 0.615. The molecule has 1 aromatic heterocycles.